The molecule has 7 heteroatoms. The van der Waals surface area contributed by atoms with Crippen molar-refractivity contribution >= 4 is 0 Å². The molecule has 0 amide bonds. The summed E-state index contributed by atoms with van der Waals surface area (Å²) in [5.74, 6) is 1.80. The molecule has 26 heavy (non-hydrogen) atoms. The number of benzene rings is 1. The first kappa shape index (κ1) is 16.7. The molecule has 0 radical (unpaired) electrons. The Hall–Kier alpha value is -2.80. The lowest BCUT2D eigenvalue weighted by Gasteiger charge is -2.30. The van der Waals surface area contributed by atoms with Crippen molar-refractivity contribution in [2.45, 2.75) is 32.2 Å². The van der Waals surface area contributed by atoms with E-state index < -0.39 is 0 Å². The average Bonchev–Trinajstić information content (AvgIpc) is 3.15. The smallest absolute Gasteiger partial charge is 0.278 e. The summed E-state index contributed by atoms with van der Waals surface area (Å²) in [4.78, 5) is 15.4. The zero-order chi connectivity index (χ0) is 17.9. The van der Waals surface area contributed by atoms with Gasteiger partial charge in [-0.15, -0.1) is 0 Å². The minimum atomic E-state index is 0.284. The van der Waals surface area contributed by atoms with E-state index in [1.165, 1.54) is 0 Å². The standard InChI is InChI=1S/C19H21N5O2/c1-13-10-21-16(11-20-13)19-22-18(23-26-19)14-6-8-24(9-7-14)12-15-4-2-3-5-17(15)25/h2-5,10-11,14,25H,6-9,12H2,1H3. The summed E-state index contributed by atoms with van der Waals surface area (Å²) in [6.45, 7) is 4.52. The van der Waals surface area contributed by atoms with Crippen LogP contribution >= 0.6 is 0 Å². The Labute approximate surface area is 151 Å². The maximum absolute atomic E-state index is 9.93. The normalized spacial score (nSPS) is 16.0. The minimum absolute atomic E-state index is 0.284. The molecule has 0 aliphatic carbocycles. The first-order valence-electron chi connectivity index (χ1n) is 8.81. The van der Waals surface area contributed by atoms with Crippen molar-refractivity contribution in [3.8, 4) is 17.3 Å². The van der Waals surface area contributed by atoms with E-state index in [4.69, 9.17) is 4.52 Å². The van der Waals surface area contributed by atoms with Gasteiger partial charge in [-0.2, -0.15) is 4.98 Å². The third-order valence-corrected chi connectivity index (χ3v) is 4.78. The first-order chi connectivity index (χ1) is 12.7. The second kappa shape index (κ2) is 7.21. The average molecular weight is 351 g/mol. The molecule has 1 aliphatic heterocycles. The molecule has 0 saturated carbocycles. The summed E-state index contributed by atoms with van der Waals surface area (Å²) >= 11 is 0. The molecule has 0 unspecified atom stereocenters. The summed E-state index contributed by atoms with van der Waals surface area (Å²) in [6, 6.07) is 7.50. The summed E-state index contributed by atoms with van der Waals surface area (Å²) in [7, 11) is 0. The van der Waals surface area contributed by atoms with Crippen LogP contribution < -0.4 is 0 Å². The lowest BCUT2D eigenvalue weighted by molar-refractivity contribution is 0.198. The lowest BCUT2D eigenvalue weighted by Crippen LogP contribution is -2.32. The molecule has 0 spiro atoms. The highest BCUT2D eigenvalue weighted by atomic mass is 16.5. The molecule has 1 N–H and O–H groups in total. The Morgan fingerprint density at radius 1 is 1.15 bits per heavy atom. The number of rotatable bonds is 4. The minimum Gasteiger partial charge on any atom is -0.508 e. The predicted octanol–water partition coefficient (Wildman–Crippen LogP) is 2.92. The molecular formula is C19H21N5O2. The Bertz CT molecular complexity index is 870. The molecule has 3 aromatic rings. The number of hydrogen-bond acceptors (Lipinski definition) is 7. The van der Waals surface area contributed by atoms with Gasteiger partial charge in [0.25, 0.3) is 5.89 Å². The second-order valence-electron chi connectivity index (χ2n) is 6.68. The highest BCUT2D eigenvalue weighted by Gasteiger charge is 2.25. The van der Waals surface area contributed by atoms with E-state index in [9.17, 15) is 5.11 Å². The Morgan fingerprint density at radius 2 is 1.96 bits per heavy atom. The van der Waals surface area contributed by atoms with Crippen LogP contribution in [0.1, 0.15) is 35.8 Å². The summed E-state index contributed by atoms with van der Waals surface area (Å²) in [5, 5.41) is 14.1. The van der Waals surface area contributed by atoms with Crippen LogP contribution in [0.25, 0.3) is 11.6 Å². The number of nitrogens with zero attached hydrogens (tertiary/aromatic N) is 5. The highest BCUT2D eigenvalue weighted by molar-refractivity contribution is 5.44. The summed E-state index contributed by atoms with van der Waals surface area (Å²) in [6.07, 6.45) is 5.27. The molecule has 3 heterocycles. The predicted molar refractivity (Wildman–Crippen MR) is 95.4 cm³/mol. The number of aryl methyl sites for hydroxylation is 1. The van der Waals surface area contributed by atoms with Crippen LogP contribution in [0.2, 0.25) is 0 Å². The van der Waals surface area contributed by atoms with Gasteiger partial charge in [-0.25, -0.2) is 4.98 Å². The second-order valence-corrected chi connectivity index (χ2v) is 6.68. The fraction of sp³-hybridized carbons (Fsp3) is 0.368. The molecule has 0 bridgehead atoms. The number of aromatic hydroxyl groups is 1. The Morgan fingerprint density at radius 3 is 2.69 bits per heavy atom. The Balaban J connectivity index is 1.38. The van der Waals surface area contributed by atoms with E-state index in [0.717, 1.165) is 49.6 Å². The molecule has 1 aromatic carbocycles. The maximum Gasteiger partial charge on any atom is 0.278 e. The van der Waals surface area contributed by atoms with Crippen LogP contribution in [0, 0.1) is 6.92 Å². The number of phenols is 1. The van der Waals surface area contributed by atoms with Crippen molar-refractivity contribution in [2.24, 2.45) is 0 Å². The molecule has 0 atom stereocenters. The highest BCUT2D eigenvalue weighted by Crippen LogP contribution is 2.29. The largest absolute Gasteiger partial charge is 0.508 e. The molecule has 2 aromatic heterocycles. The topological polar surface area (TPSA) is 88.2 Å². The van der Waals surface area contributed by atoms with E-state index in [2.05, 4.69) is 25.0 Å². The number of phenolic OH excluding ortho intramolecular Hbond substituents is 1. The van der Waals surface area contributed by atoms with E-state index in [0.29, 0.717) is 17.3 Å². The summed E-state index contributed by atoms with van der Waals surface area (Å²) < 4.78 is 5.37. The van der Waals surface area contributed by atoms with Gasteiger partial charge >= 0.3 is 0 Å². The van der Waals surface area contributed by atoms with Gasteiger partial charge in [0.15, 0.2) is 5.82 Å². The van der Waals surface area contributed by atoms with E-state index in [1.54, 1.807) is 18.5 Å². The first-order valence-corrected chi connectivity index (χ1v) is 8.81. The molecule has 1 aliphatic rings. The number of hydrogen-bond donors (Lipinski definition) is 1. The number of piperidine rings is 1. The van der Waals surface area contributed by atoms with Crippen molar-refractivity contribution in [1.82, 2.24) is 25.0 Å². The zero-order valence-electron chi connectivity index (χ0n) is 14.7. The van der Waals surface area contributed by atoms with Gasteiger partial charge in [0, 0.05) is 24.2 Å². The van der Waals surface area contributed by atoms with Gasteiger partial charge in [0.05, 0.1) is 11.9 Å². The number of likely N-dealkylation sites (tertiary alicyclic amines) is 1. The van der Waals surface area contributed by atoms with Crippen LogP contribution in [0.15, 0.2) is 41.2 Å². The Kier molecular flexibility index (Phi) is 4.62. The van der Waals surface area contributed by atoms with Gasteiger partial charge < -0.3 is 9.63 Å². The van der Waals surface area contributed by atoms with Crippen LogP contribution in [-0.4, -0.2) is 43.2 Å². The molecular weight excluding hydrogens is 330 g/mol. The van der Waals surface area contributed by atoms with Gasteiger partial charge in [0.1, 0.15) is 11.4 Å². The summed E-state index contributed by atoms with van der Waals surface area (Å²) in [5.41, 5.74) is 2.42. The van der Waals surface area contributed by atoms with Crippen molar-refractivity contribution in [1.29, 1.82) is 0 Å². The van der Waals surface area contributed by atoms with Crippen LogP contribution in [0.4, 0.5) is 0 Å². The van der Waals surface area contributed by atoms with E-state index >= 15 is 0 Å². The fourth-order valence-corrected chi connectivity index (χ4v) is 3.24. The van der Waals surface area contributed by atoms with Crippen LogP contribution in [-0.2, 0) is 6.54 Å². The van der Waals surface area contributed by atoms with Crippen molar-refractivity contribution in [3.63, 3.8) is 0 Å². The van der Waals surface area contributed by atoms with E-state index in [-0.39, 0.29) is 5.92 Å². The maximum atomic E-state index is 9.93. The van der Waals surface area contributed by atoms with Crippen molar-refractivity contribution < 1.29 is 9.63 Å². The number of aromatic nitrogens is 4. The number of para-hydroxylation sites is 1. The molecule has 134 valence electrons. The van der Waals surface area contributed by atoms with Gasteiger partial charge in [-0.3, -0.25) is 9.88 Å². The van der Waals surface area contributed by atoms with E-state index in [1.807, 2.05) is 25.1 Å². The van der Waals surface area contributed by atoms with Crippen LogP contribution in [0.3, 0.4) is 0 Å². The van der Waals surface area contributed by atoms with Gasteiger partial charge in [0.2, 0.25) is 0 Å². The fourth-order valence-electron chi connectivity index (χ4n) is 3.24. The zero-order valence-corrected chi connectivity index (χ0v) is 14.7. The third kappa shape index (κ3) is 3.57. The van der Waals surface area contributed by atoms with Gasteiger partial charge in [-0.1, -0.05) is 23.4 Å². The SMILES string of the molecule is Cc1cnc(-c2nc(C3CCN(Cc4ccccc4O)CC3)no2)cn1. The lowest BCUT2D eigenvalue weighted by atomic mass is 9.96. The molecule has 1 fully saturated rings. The third-order valence-electron chi connectivity index (χ3n) is 4.78. The van der Waals surface area contributed by atoms with Crippen molar-refractivity contribution in [2.75, 3.05) is 13.1 Å². The quantitative estimate of drug-likeness (QED) is 0.773. The molecule has 4 rings (SSSR count). The van der Waals surface area contributed by atoms with Gasteiger partial charge in [-0.05, 0) is 38.9 Å². The van der Waals surface area contributed by atoms with Crippen LogP contribution in [0.5, 0.6) is 5.75 Å². The monoisotopic (exact) mass is 351 g/mol. The van der Waals surface area contributed by atoms with Crippen molar-refractivity contribution in [3.05, 3.63) is 53.7 Å². The molecule has 1 saturated heterocycles. The molecule has 7 nitrogen and oxygen atoms in total.